The summed E-state index contributed by atoms with van der Waals surface area (Å²) >= 11 is 9.17. The van der Waals surface area contributed by atoms with Crippen molar-refractivity contribution in [1.29, 1.82) is 0 Å². The predicted octanol–water partition coefficient (Wildman–Crippen LogP) is 4.99. The van der Waals surface area contributed by atoms with Crippen LogP contribution < -0.4 is 5.32 Å². The van der Waals surface area contributed by atoms with Gasteiger partial charge >= 0.3 is 0 Å². The Kier molecular flexibility index (Phi) is 4.19. The highest BCUT2D eigenvalue weighted by molar-refractivity contribution is 9.10. The fourth-order valence-corrected chi connectivity index (χ4v) is 2.10. The Labute approximate surface area is 117 Å². The highest BCUT2D eigenvalue weighted by Crippen LogP contribution is 2.24. The summed E-state index contributed by atoms with van der Waals surface area (Å²) in [4.78, 5) is 0. The Morgan fingerprint density at radius 3 is 2.67 bits per heavy atom. The van der Waals surface area contributed by atoms with Crippen LogP contribution in [0.2, 0.25) is 5.02 Å². The van der Waals surface area contributed by atoms with Crippen LogP contribution in [-0.2, 0) is 6.54 Å². The van der Waals surface area contributed by atoms with Crippen LogP contribution in [0.5, 0.6) is 0 Å². The molecule has 0 amide bonds. The molecular formula is C13H9BrClF2N. The Morgan fingerprint density at radius 1 is 1.11 bits per heavy atom. The van der Waals surface area contributed by atoms with Crippen LogP contribution in [-0.4, -0.2) is 0 Å². The SMILES string of the molecule is Fc1ccc(Cl)c(NCc2cc(Br)ccc2F)c1. The van der Waals surface area contributed by atoms with Gasteiger partial charge in [-0.1, -0.05) is 27.5 Å². The summed E-state index contributed by atoms with van der Waals surface area (Å²) in [5.41, 5.74) is 0.917. The Hall–Kier alpha value is -1.13. The summed E-state index contributed by atoms with van der Waals surface area (Å²) in [6.07, 6.45) is 0. The van der Waals surface area contributed by atoms with Gasteiger partial charge in [-0.05, 0) is 36.4 Å². The lowest BCUT2D eigenvalue weighted by molar-refractivity contribution is 0.612. The monoisotopic (exact) mass is 331 g/mol. The third-order valence-corrected chi connectivity index (χ3v) is 3.23. The first-order valence-electron chi connectivity index (χ1n) is 5.19. The molecule has 0 saturated carbocycles. The summed E-state index contributed by atoms with van der Waals surface area (Å²) < 4.78 is 27.3. The molecule has 0 fully saturated rings. The fourth-order valence-electron chi connectivity index (χ4n) is 1.50. The largest absolute Gasteiger partial charge is 0.380 e. The van der Waals surface area contributed by atoms with Crippen LogP contribution in [0.25, 0.3) is 0 Å². The fraction of sp³-hybridized carbons (Fsp3) is 0.0769. The van der Waals surface area contributed by atoms with Crippen LogP contribution in [0.1, 0.15) is 5.56 Å². The highest BCUT2D eigenvalue weighted by atomic mass is 79.9. The molecule has 0 bridgehead atoms. The Balaban J connectivity index is 2.16. The van der Waals surface area contributed by atoms with E-state index in [1.54, 1.807) is 12.1 Å². The molecule has 1 nitrogen and oxygen atoms in total. The van der Waals surface area contributed by atoms with Gasteiger partial charge in [0.25, 0.3) is 0 Å². The number of halogens is 4. The van der Waals surface area contributed by atoms with Crippen molar-refractivity contribution in [2.75, 3.05) is 5.32 Å². The first-order valence-corrected chi connectivity index (χ1v) is 6.36. The normalized spacial score (nSPS) is 10.4. The van der Waals surface area contributed by atoms with Crippen LogP contribution in [0.4, 0.5) is 14.5 Å². The van der Waals surface area contributed by atoms with Crippen molar-refractivity contribution in [2.45, 2.75) is 6.54 Å². The minimum atomic E-state index is -0.392. The average molecular weight is 333 g/mol. The van der Waals surface area contributed by atoms with E-state index >= 15 is 0 Å². The van der Waals surface area contributed by atoms with Crippen molar-refractivity contribution in [3.05, 3.63) is 63.1 Å². The van der Waals surface area contributed by atoms with E-state index in [-0.39, 0.29) is 12.4 Å². The van der Waals surface area contributed by atoms with E-state index in [1.165, 1.54) is 24.3 Å². The van der Waals surface area contributed by atoms with Gasteiger partial charge in [0.1, 0.15) is 11.6 Å². The lowest BCUT2D eigenvalue weighted by Crippen LogP contribution is -2.02. The highest BCUT2D eigenvalue weighted by Gasteiger charge is 2.05. The molecule has 0 saturated heterocycles. The maximum absolute atomic E-state index is 13.5. The van der Waals surface area contributed by atoms with Gasteiger partial charge in [-0.15, -0.1) is 0 Å². The zero-order chi connectivity index (χ0) is 13.1. The quantitative estimate of drug-likeness (QED) is 0.834. The van der Waals surface area contributed by atoms with Gasteiger partial charge in [0.15, 0.2) is 0 Å². The van der Waals surface area contributed by atoms with Gasteiger partial charge in [0, 0.05) is 16.6 Å². The molecule has 0 aliphatic heterocycles. The summed E-state index contributed by atoms with van der Waals surface area (Å²) in [5, 5.41) is 3.30. The molecule has 2 aromatic rings. The predicted molar refractivity (Wildman–Crippen MR) is 72.8 cm³/mol. The lowest BCUT2D eigenvalue weighted by Gasteiger charge is -2.09. The summed E-state index contributed by atoms with van der Waals surface area (Å²) in [6, 6.07) is 8.65. The van der Waals surface area contributed by atoms with Crippen molar-refractivity contribution in [3.63, 3.8) is 0 Å². The van der Waals surface area contributed by atoms with E-state index in [0.29, 0.717) is 16.3 Å². The first-order chi connectivity index (χ1) is 8.56. The molecule has 0 atom stereocenters. The average Bonchev–Trinajstić information content (AvgIpc) is 2.34. The minimum absolute atomic E-state index is 0.231. The molecule has 0 aliphatic carbocycles. The molecule has 94 valence electrons. The molecule has 0 radical (unpaired) electrons. The number of hydrogen-bond donors (Lipinski definition) is 1. The van der Waals surface area contributed by atoms with Gasteiger partial charge in [-0.2, -0.15) is 0 Å². The topological polar surface area (TPSA) is 12.0 Å². The molecular weight excluding hydrogens is 324 g/mol. The first kappa shape index (κ1) is 13.3. The maximum Gasteiger partial charge on any atom is 0.128 e. The second-order valence-electron chi connectivity index (χ2n) is 3.71. The van der Waals surface area contributed by atoms with Gasteiger partial charge in [0.2, 0.25) is 0 Å². The molecule has 0 aliphatic rings. The zero-order valence-corrected chi connectivity index (χ0v) is 11.5. The Bertz CT molecular complexity index is 523. The third-order valence-electron chi connectivity index (χ3n) is 2.41. The molecule has 2 rings (SSSR count). The van der Waals surface area contributed by atoms with Gasteiger partial charge in [-0.3, -0.25) is 0 Å². The molecule has 0 aromatic heterocycles. The lowest BCUT2D eigenvalue weighted by atomic mass is 10.2. The number of rotatable bonds is 3. The second kappa shape index (κ2) is 5.67. The van der Waals surface area contributed by atoms with Crippen LogP contribution >= 0.6 is 27.5 Å². The molecule has 0 unspecified atom stereocenters. The molecule has 0 spiro atoms. The summed E-state index contributed by atoms with van der Waals surface area (Å²) in [6.45, 7) is 0.231. The van der Waals surface area contributed by atoms with Gasteiger partial charge < -0.3 is 5.32 Å². The summed E-state index contributed by atoms with van der Waals surface area (Å²) in [5.74, 6) is -0.713. The van der Waals surface area contributed by atoms with E-state index in [4.69, 9.17) is 11.6 Å². The summed E-state index contributed by atoms with van der Waals surface area (Å²) in [7, 11) is 0. The van der Waals surface area contributed by atoms with E-state index in [9.17, 15) is 8.78 Å². The van der Waals surface area contributed by atoms with Gasteiger partial charge in [-0.25, -0.2) is 8.78 Å². The minimum Gasteiger partial charge on any atom is -0.380 e. The number of hydrogen-bond acceptors (Lipinski definition) is 1. The standard InChI is InChI=1S/C13H9BrClF2N/c14-9-1-4-12(17)8(5-9)7-18-13-6-10(16)2-3-11(13)15/h1-6,18H,7H2. The maximum atomic E-state index is 13.5. The molecule has 1 N–H and O–H groups in total. The van der Waals surface area contributed by atoms with Crippen molar-refractivity contribution in [3.8, 4) is 0 Å². The number of benzene rings is 2. The molecule has 18 heavy (non-hydrogen) atoms. The third kappa shape index (κ3) is 3.21. The van der Waals surface area contributed by atoms with E-state index < -0.39 is 5.82 Å². The molecule has 2 aromatic carbocycles. The number of nitrogens with one attached hydrogen (secondary N) is 1. The van der Waals surface area contributed by atoms with E-state index in [2.05, 4.69) is 21.2 Å². The van der Waals surface area contributed by atoms with Crippen LogP contribution in [0, 0.1) is 11.6 Å². The molecule has 5 heteroatoms. The zero-order valence-electron chi connectivity index (χ0n) is 9.18. The second-order valence-corrected chi connectivity index (χ2v) is 5.04. The smallest absolute Gasteiger partial charge is 0.128 e. The van der Waals surface area contributed by atoms with Crippen molar-refractivity contribution >= 4 is 33.2 Å². The number of anilines is 1. The van der Waals surface area contributed by atoms with Crippen molar-refractivity contribution < 1.29 is 8.78 Å². The van der Waals surface area contributed by atoms with Crippen molar-refractivity contribution in [1.82, 2.24) is 0 Å². The van der Waals surface area contributed by atoms with E-state index in [1.807, 2.05) is 0 Å². The van der Waals surface area contributed by atoms with Gasteiger partial charge in [0.05, 0.1) is 10.7 Å². The molecule has 0 heterocycles. The van der Waals surface area contributed by atoms with Crippen molar-refractivity contribution in [2.24, 2.45) is 0 Å². The van der Waals surface area contributed by atoms with Crippen LogP contribution in [0.15, 0.2) is 40.9 Å². The Morgan fingerprint density at radius 2 is 1.89 bits per heavy atom. The van der Waals surface area contributed by atoms with E-state index in [0.717, 1.165) is 4.47 Å². The van der Waals surface area contributed by atoms with Crippen LogP contribution in [0.3, 0.4) is 0 Å².